The van der Waals surface area contributed by atoms with Gasteiger partial charge in [0.25, 0.3) is 5.91 Å². The molecule has 1 aromatic carbocycles. The third-order valence-corrected chi connectivity index (χ3v) is 3.46. The molecule has 7 nitrogen and oxygen atoms in total. The van der Waals surface area contributed by atoms with E-state index in [4.69, 9.17) is 9.47 Å². The average Bonchev–Trinajstić information content (AvgIpc) is 3.09. The van der Waals surface area contributed by atoms with Crippen LogP contribution in [0.5, 0.6) is 11.5 Å². The molecule has 24 heavy (non-hydrogen) atoms. The highest BCUT2D eigenvalue weighted by Crippen LogP contribution is 2.22. The van der Waals surface area contributed by atoms with Gasteiger partial charge in [-0.25, -0.2) is 10.4 Å². The fourth-order valence-electron chi connectivity index (χ4n) is 2.20. The fraction of sp³-hybridized carbons (Fsp3) is 0.118. The number of rotatable bonds is 5. The first-order chi connectivity index (χ1) is 11.7. The Kier molecular flexibility index (Phi) is 4.42. The molecular formula is C17H16N4O3. The van der Waals surface area contributed by atoms with E-state index in [-0.39, 0.29) is 5.91 Å². The molecule has 0 aliphatic heterocycles. The Morgan fingerprint density at radius 3 is 2.92 bits per heavy atom. The molecule has 0 aliphatic rings. The van der Waals surface area contributed by atoms with E-state index in [9.17, 15) is 4.79 Å². The molecule has 3 aromatic rings. The largest absolute Gasteiger partial charge is 0.497 e. The highest BCUT2D eigenvalue weighted by Gasteiger charge is 2.06. The molecule has 7 heteroatoms. The summed E-state index contributed by atoms with van der Waals surface area (Å²) in [7, 11) is 3.14. The summed E-state index contributed by atoms with van der Waals surface area (Å²) in [5.74, 6) is 0.975. The maximum Gasteiger partial charge on any atom is 0.272 e. The molecule has 0 bridgehead atoms. The van der Waals surface area contributed by atoms with E-state index >= 15 is 0 Å². The molecule has 0 saturated heterocycles. The van der Waals surface area contributed by atoms with E-state index < -0.39 is 0 Å². The third-order valence-electron chi connectivity index (χ3n) is 3.46. The molecule has 122 valence electrons. The van der Waals surface area contributed by atoms with Crippen LogP contribution in [0, 0.1) is 0 Å². The van der Waals surface area contributed by atoms with E-state index in [0.717, 1.165) is 11.2 Å². The highest BCUT2D eigenvalue weighted by molar-refractivity contribution is 5.95. The van der Waals surface area contributed by atoms with Gasteiger partial charge in [0.2, 0.25) is 0 Å². The quantitative estimate of drug-likeness (QED) is 0.576. The minimum Gasteiger partial charge on any atom is -0.497 e. The maximum absolute atomic E-state index is 12.1. The van der Waals surface area contributed by atoms with Gasteiger partial charge in [-0.1, -0.05) is 0 Å². The molecular weight excluding hydrogens is 308 g/mol. The Morgan fingerprint density at radius 1 is 1.25 bits per heavy atom. The van der Waals surface area contributed by atoms with Crippen LogP contribution in [-0.2, 0) is 0 Å². The van der Waals surface area contributed by atoms with Gasteiger partial charge in [0.05, 0.1) is 26.0 Å². The first-order valence-electron chi connectivity index (χ1n) is 7.19. The molecule has 1 amide bonds. The number of nitrogens with zero attached hydrogens (tertiary/aromatic N) is 3. The van der Waals surface area contributed by atoms with Crippen LogP contribution in [0.2, 0.25) is 0 Å². The molecule has 0 radical (unpaired) electrons. The van der Waals surface area contributed by atoms with Crippen molar-refractivity contribution in [2.24, 2.45) is 5.10 Å². The average molecular weight is 324 g/mol. The number of hydrogen-bond donors (Lipinski definition) is 1. The summed E-state index contributed by atoms with van der Waals surface area (Å²) in [4.78, 5) is 16.3. The van der Waals surface area contributed by atoms with Gasteiger partial charge in [-0.2, -0.15) is 5.10 Å². The number of methoxy groups -OCH3 is 2. The summed E-state index contributed by atoms with van der Waals surface area (Å²) in [5.41, 5.74) is 4.48. The topological polar surface area (TPSA) is 77.2 Å². The van der Waals surface area contributed by atoms with Crippen LogP contribution in [0.3, 0.4) is 0 Å². The minimum atomic E-state index is -0.311. The Hall–Kier alpha value is -3.35. The second-order valence-corrected chi connectivity index (χ2v) is 4.92. The SMILES string of the molecule is COc1ccc(/C=N/NC(=O)c2ccc3nccn3c2)c(OC)c1. The highest BCUT2D eigenvalue weighted by atomic mass is 16.5. The van der Waals surface area contributed by atoms with Gasteiger partial charge in [0.1, 0.15) is 17.1 Å². The molecule has 0 saturated carbocycles. The van der Waals surface area contributed by atoms with Crippen molar-refractivity contribution < 1.29 is 14.3 Å². The lowest BCUT2D eigenvalue weighted by Crippen LogP contribution is -2.18. The van der Waals surface area contributed by atoms with E-state index in [1.54, 1.807) is 67.5 Å². The lowest BCUT2D eigenvalue weighted by molar-refractivity contribution is 0.0954. The summed E-state index contributed by atoms with van der Waals surface area (Å²) < 4.78 is 12.2. The number of hydrazone groups is 1. The molecule has 0 fully saturated rings. The number of imidazole rings is 1. The Bertz CT molecular complexity index is 902. The summed E-state index contributed by atoms with van der Waals surface area (Å²) in [6.45, 7) is 0. The van der Waals surface area contributed by atoms with Crippen molar-refractivity contribution in [2.75, 3.05) is 14.2 Å². The molecule has 0 aliphatic carbocycles. The number of hydrogen-bond acceptors (Lipinski definition) is 5. The van der Waals surface area contributed by atoms with Gasteiger partial charge >= 0.3 is 0 Å². The van der Waals surface area contributed by atoms with Crippen LogP contribution in [0.1, 0.15) is 15.9 Å². The van der Waals surface area contributed by atoms with Gasteiger partial charge < -0.3 is 13.9 Å². The zero-order valence-electron chi connectivity index (χ0n) is 13.3. The molecule has 0 unspecified atom stereocenters. The fourth-order valence-corrected chi connectivity index (χ4v) is 2.20. The molecule has 1 N–H and O–H groups in total. The first-order valence-corrected chi connectivity index (χ1v) is 7.19. The summed E-state index contributed by atoms with van der Waals surface area (Å²) in [6, 6.07) is 8.80. The first kappa shape index (κ1) is 15.5. The monoisotopic (exact) mass is 324 g/mol. The smallest absolute Gasteiger partial charge is 0.272 e. The number of fused-ring (bicyclic) bond motifs is 1. The van der Waals surface area contributed by atoms with Crippen molar-refractivity contribution in [1.82, 2.24) is 14.8 Å². The molecule has 0 spiro atoms. The maximum atomic E-state index is 12.1. The van der Waals surface area contributed by atoms with Crippen molar-refractivity contribution >= 4 is 17.8 Å². The summed E-state index contributed by atoms with van der Waals surface area (Å²) in [6.07, 6.45) is 6.66. The van der Waals surface area contributed by atoms with E-state index in [0.29, 0.717) is 17.1 Å². The number of amides is 1. The van der Waals surface area contributed by atoms with Crippen LogP contribution in [-0.4, -0.2) is 35.7 Å². The lowest BCUT2D eigenvalue weighted by atomic mass is 10.2. The number of carbonyl (C=O) groups excluding carboxylic acids is 1. The van der Waals surface area contributed by atoms with Crippen LogP contribution in [0.15, 0.2) is 54.0 Å². The van der Waals surface area contributed by atoms with Crippen molar-refractivity contribution in [2.45, 2.75) is 0 Å². The predicted molar refractivity (Wildman–Crippen MR) is 89.8 cm³/mol. The zero-order valence-corrected chi connectivity index (χ0v) is 13.3. The Morgan fingerprint density at radius 2 is 2.12 bits per heavy atom. The third kappa shape index (κ3) is 3.19. The van der Waals surface area contributed by atoms with Crippen LogP contribution in [0.25, 0.3) is 5.65 Å². The molecule has 3 rings (SSSR count). The minimum absolute atomic E-state index is 0.311. The van der Waals surface area contributed by atoms with Crippen LogP contribution >= 0.6 is 0 Å². The number of pyridine rings is 1. The second kappa shape index (κ2) is 6.82. The van der Waals surface area contributed by atoms with E-state index in [2.05, 4.69) is 15.5 Å². The molecule has 2 aromatic heterocycles. The van der Waals surface area contributed by atoms with Crippen molar-refractivity contribution in [3.05, 3.63) is 60.0 Å². The Labute approximate surface area is 138 Å². The van der Waals surface area contributed by atoms with Gasteiger partial charge in [-0.15, -0.1) is 0 Å². The Balaban J connectivity index is 1.72. The van der Waals surface area contributed by atoms with E-state index in [1.165, 1.54) is 6.21 Å². The lowest BCUT2D eigenvalue weighted by Gasteiger charge is -2.07. The van der Waals surface area contributed by atoms with Crippen LogP contribution < -0.4 is 14.9 Å². The number of nitrogens with one attached hydrogen (secondary N) is 1. The van der Waals surface area contributed by atoms with Crippen molar-refractivity contribution in [3.63, 3.8) is 0 Å². The van der Waals surface area contributed by atoms with Gasteiger partial charge in [-0.3, -0.25) is 4.79 Å². The summed E-state index contributed by atoms with van der Waals surface area (Å²) in [5, 5.41) is 3.98. The predicted octanol–water partition coefficient (Wildman–Crippen LogP) is 2.12. The molecule has 2 heterocycles. The normalized spacial score (nSPS) is 10.9. The van der Waals surface area contributed by atoms with E-state index in [1.807, 2.05) is 0 Å². The second-order valence-electron chi connectivity index (χ2n) is 4.92. The van der Waals surface area contributed by atoms with Gasteiger partial charge in [0.15, 0.2) is 0 Å². The summed E-state index contributed by atoms with van der Waals surface area (Å²) >= 11 is 0. The van der Waals surface area contributed by atoms with Crippen LogP contribution in [0.4, 0.5) is 0 Å². The van der Waals surface area contributed by atoms with Gasteiger partial charge in [-0.05, 0) is 24.3 Å². The van der Waals surface area contributed by atoms with Crippen molar-refractivity contribution in [1.29, 1.82) is 0 Å². The number of benzene rings is 1. The number of aromatic nitrogens is 2. The molecule has 0 atom stereocenters. The zero-order chi connectivity index (χ0) is 16.9. The standard InChI is InChI=1S/C17H16N4O3/c1-23-14-5-3-12(15(9-14)24-2)10-19-20-17(22)13-4-6-16-18-7-8-21(16)11-13/h3-11H,1-2H3,(H,20,22)/b19-10+. The number of ether oxygens (including phenoxy) is 2. The number of carbonyl (C=O) groups is 1. The van der Waals surface area contributed by atoms with Crippen molar-refractivity contribution in [3.8, 4) is 11.5 Å². The van der Waals surface area contributed by atoms with Gasteiger partial charge in [0, 0.05) is 30.2 Å².